The fourth-order valence-electron chi connectivity index (χ4n) is 2.16. The third-order valence-electron chi connectivity index (χ3n) is 3.61. The molecule has 1 aliphatic carbocycles. The normalized spacial score (nSPS) is 14.1. The summed E-state index contributed by atoms with van der Waals surface area (Å²) in [6.07, 6.45) is 4.85. The van der Waals surface area contributed by atoms with Crippen molar-refractivity contribution in [2.75, 3.05) is 6.61 Å². The maximum absolute atomic E-state index is 11.7. The molecule has 20 heavy (non-hydrogen) atoms. The topological polar surface area (TPSA) is 49.3 Å². The molecule has 1 amide bonds. The molecule has 2 N–H and O–H groups in total. The van der Waals surface area contributed by atoms with Gasteiger partial charge < -0.3 is 10.4 Å². The van der Waals surface area contributed by atoms with E-state index in [1.165, 1.54) is 19.3 Å². The fraction of sp³-hybridized carbons (Fsp3) is 0.471. The summed E-state index contributed by atoms with van der Waals surface area (Å²) in [5.41, 5.74) is 2.02. The lowest BCUT2D eigenvalue weighted by atomic mass is 9.83. The number of hydrogen-bond acceptors (Lipinski definition) is 2. The third kappa shape index (κ3) is 4.71. The lowest BCUT2D eigenvalue weighted by Crippen LogP contribution is -2.27. The molecule has 1 fully saturated rings. The molecule has 0 radical (unpaired) electrons. The third-order valence-corrected chi connectivity index (χ3v) is 3.61. The van der Waals surface area contributed by atoms with Gasteiger partial charge in [0.2, 0.25) is 5.91 Å². The van der Waals surface area contributed by atoms with Crippen LogP contribution in [0.4, 0.5) is 0 Å². The number of carbonyl (C=O) groups excluding carboxylic acids is 1. The van der Waals surface area contributed by atoms with Crippen LogP contribution in [0, 0.1) is 17.8 Å². The second-order valence-corrected chi connectivity index (χ2v) is 5.25. The number of aliphatic hydroxyl groups excluding tert-OH is 1. The van der Waals surface area contributed by atoms with Crippen LogP contribution in [-0.2, 0) is 11.3 Å². The largest absolute Gasteiger partial charge is 0.395 e. The van der Waals surface area contributed by atoms with Crippen LogP contribution >= 0.6 is 0 Å². The van der Waals surface area contributed by atoms with Gasteiger partial charge in [0.1, 0.15) is 0 Å². The molecular formula is C17H21NO2. The molecule has 0 unspecified atom stereocenters. The van der Waals surface area contributed by atoms with E-state index in [1.54, 1.807) is 0 Å². The van der Waals surface area contributed by atoms with Crippen LogP contribution in [0.15, 0.2) is 24.3 Å². The van der Waals surface area contributed by atoms with Crippen LogP contribution in [0.25, 0.3) is 0 Å². The van der Waals surface area contributed by atoms with Crippen molar-refractivity contribution >= 4 is 5.91 Å². The van der Waals surface area contributed by atoms with Gasteiger partial charge >= 0.3 is 0 Å². The SMILES string of the molecule is O=C(CC1CCC1)NCc1ccc(C#CCCO)cc1. The van der Waals surface area contributed by atoms with Gasteiger partial charge in [0.05, 0.1) is 6.61 Å². The molecule has 0 spiro atoms. The summed E-state index contributed by atoms with van der Waals surface area (Å²) >= 11 is 0. The van der Waals surface area contributed by atoms with Crippen molar-refractivity contribution in [2.45, 2.75) is 38.6 Å². The second-order valence-electron chi connectivity index (χ2n) is 5.25. The average Bonchev–Trinajstić information content (AvgIpc) is 2.42. The van der Waals surface area contributed by atoms with Crippen molar-refractivity contribution in [1.29, 1.82) is 0 Å². The van der Waals surface area contributed by atoms with E-state index in [4.69, 9.17) is 5.11 Å². The van der Waals surface area contributed by atoms with Gasteiger partial charge in [-0.25, -0.2) is 0 Å². The quantitative estimate of drug-likeness (QED) is 0.807. The zero-order valence-electron chi connectivity index (χ0n) is 11.7. The van der Waals surface area contributed by atoms with Crippen molar-refractivity contribution in [2.24, 2.45) is 5.92 Å². The van der Waals surface area contributed by atoms with Gasteiger partial charge in [-0.1, -0.05) is 30.4 Å². The minimum Gasteiger partial charge on any atom is -0.395 e. The molecule has 3 nitrogen and oxygen atoms in total. The van der Waals surface area contributed by atoms with Gasteiger partial charge in [-0.3, -0.25) is 4.79 Å². The molecule has 1 aromatic carbocycles. The number of nitrogens with one attached hydrogen (secondary N) is 1. The summed E-state index contributed by atoms with van der Waals surface area (Å²) in [4.78, 5) is 11.7. The first kappa shape index (κ1) is 14.6. The Hall–Kier alpha value is -1.79. The summed E-state index contributed by atoms with van der Waals surface area (Å²) in [7, 11) is 0. The standard InChI is InChI=1S/C17H21NO2/c19-11-2-1-4-14-7-9-16(10-8-14)13-18-17(20)12-15-5-3-6-15/h7-10,15,19H,2-3,5-6,11-13H2,(H,18,20). The first-order chi connectivity index (χ1) is 9.78. The van der Waals surface area contributed by atoms with Crippen LogP contribution in [0.2, 0.25) is 0 Å². The Morgan fingerprint density at radius 1 is 1.30 bits per heavy atom. The number of rotatable bonds is 5. The summed E-state index contributed by atoms with van der Waals surface area (Å²) in [6.45, 7) is 0.675. The smallest absolute Gasteiger partial charge is 0.220 e. The van der Waals surface area contributed by atoms with Crippen LogP contribution in [0.5, 0.6) is 0 Å². The predicted molar refractivity (Wildman–Crippen MR) is 78.8 cm³/mol. The van der Waals surface area contributed by atoms with Crippen molar-refractivity contribution in [3.63, 3.8) is 0 Å². The molecule has 0 atom stereocenters. The molecular weight excluding hydrogens is 250 g/mol. The van der Waals surface area contributed by atoms with Crippen LogP contribution in [0.3, 0.4) is 0 Å². The van der Waals surface area contributed by atoms with Crippen LogP contribution in [0.1, 0.15) is 43.2 Å². The van der Waals surface area contributed by atoms with E-state index in [2.05, 4.69) is 17.2 Å². The predicted octanol–water partition coefficient (Wildman–Crippen LogP) is 2.23. The maximum atomic E-state index is 11.7. The molecule has 106 valence electrons. The fourth-order valence-corrected chi connectivity index (χ4v) is 2.16. The van der Waals surface area contributed by atoms with E-state index in [0.29, 0.717) is 25.3 Å². The summed E-state index contributed by atoms with van der Waals surface area (Å²) in [6, 6.07) is 7.84. The number of hydrogen-bond donors (Lipinski definition) is 2. The molecule has 1 aliphatic rings. The first-order valence-electron chi connectivity index (χ1n) is 7.23. The highest BCUT2D eigenvalue weighted by Gasteiger charge is 2.20. The van der Waals surface area contributed by atoms with Crippen molar-refractivity contribution in [3.8, 4) is 11.8 Å². The van der Waals surface area contributed by atoms with Gasteiger partial charge in [0.25, 0.3) is 0 Å². The van der Waals surface area contributed by atoms with E-state index in [0.717, 1.165) is 11.1 Å². The van der Waals surface area contributed by atoms with E-state index < -0.39 is 0 Å². The highest BCUT2D eigenvalue weighted by atomic mass is 16.2. The molecule has 1 saturated carbocycles. The molecule has 2 rings (SSSR count). The second kappa shape index (κ2) is 7.72. The highest BCUT2D eigenvalue weighted by Crippen LogP contribution is 2.29. The molecule has 3 heteroatoms. The maximum Gasteiger partial charge on any atom is 0.220 e. The molecule has 0 aromatic heterocycles. The van der Waals surface area contributed by atoms with Gasteiger partial charge in [-0.05, 0) is 36.5 Å². The van der Waals surface area contributed by atoms with Gasteiger partial charge in [0, 0.05) is 24.9 Å². The van der Waals surface area contributed by atoms with Crippen LogP contribution < -0.4 is 5.32 Å². The molecule has 0 saturated heterocycles. The lowest BCUT2D eigenvalue weighted by molar-refractivity contribution is -0.122. The average molecular weight is 271 g/mol. The molecule has 0 aliphatic heterocycles. The number of carbonyl (C=O) groups is 1. The molecule has 0 heterocycles. The first-order valence-corrected chi connectivity index (χ1v) is 7.23. The number of aliphatic hydroxyl groups is 1. The molecule has 1 aromatic rings. The Labute approximate surface area is 120 Å². The van der Waals surface area contributed by atoms with Gasteiger partial charge in [-0.15, -0.1) is 0 Å². The monoisotopic (exact) mass is 271 g/mol. The number of amides is 1. The Morgan fingerprint density at radius 2 is 2.05 bits per heavy atom. The number of benzene rings is 1. The zero-order chi connectivity index (χ0) is 14.2. The minimum absolute atomic E-state index is 0.0953. The van der Waals surface area contributed by atoms with E-state index in [-0.39, 0.29) is 12.5 Å². The Balaban J connectivity index is 1.75. The van der Waals surface area contributed by atoms with Gasteiger partial charge in [0.15, 0.2) is 0 Å². The van der Waals surface area contributed by atoms with Crippen LogP contribution in [-0.4, -0.2) is 17.6 Å². The van der Waals surface area contributed by atoms with E-state index >= 15 is 0 Å². The molecule has 0 bridgehead atoms. The minimum atomic E-state index is 0.0953. The summed E-state index contributed by atoms with van der Waals surface area (Å²) < 4.78 is 0. The van der Waals surface area contributed by atoms with E-state index in [9.17, 15) is 4.79 Å². The summed E-state index contributed by atoms with van der Waals surface area (Å²) in [5, 5.41) is 11.6. The van der Waals surface area contributed by atoms with Crippen molar-refractivity contribution < 1.29 is 9.90 Å². The Morgan fingerprint density at radius 3 is 2.65 bits per heavy atom. The van der Waals surface area contributed by atoms with E-state index in [1.807, 2.05) is 24.3 Å². The highest BCUT2D eigenvalue weighted by molar-refractivity contribution is 5.76. The van der Waals surface area contributed by atoms with Crippen molar-refractivity contribution in [3.05, 3.63) is 35.4 Å². The van der Waals surface area contributed by atoms with Crippen molar-refractivity contribution in [1.82, 2.24) is 5.32 Å². The lowest BCUT2D eigenvalue weighted by Gasteiger charge is -2.24. The summed E-state index contributed by atoms with van der Waals surface area (Å²) in [5.74, 6) is 6.63. The Kier molecular flexibility index (Phi) is 5.64. The Bertz CT molecular complexity index is 492. The van der Waals surface area contributed by atoms with Gasteiger partial charge in [-0.2, -0.15) is 0 Å². The zero-order valence-corrected chi connectivity index (χ0v) is 11.7.